The van der Waals surface area contributed by atoms with Gasteiger partial charge in [-0.15, -0.1) is 0 Å². The van der Waals surface area contributed by atoms with Crippen molar-refractivity contribution in [1.29, 1.82) is 0 Å². The van der Waals surface area contributed by atoms with Crippen LogP contribution in [0.2, 0.25) is 0 Å². The van der Waals surface area contributed by atoms with Crippen LogP contribution >= 0.6 is 0 Å². The van der Waals surface area contributed by atoms with Crippen LogP contribution < -0.4 is 0 Å². The summed E-state index contributed by atoms with van der Waals surface area (Å²) >= 11 is 0. The molecule has 52 valence electrons. The van der Waals surface area contributed by atoms with Crippen LogP contribution in [-0.2, 0) is 9.47 Å². The van der Waals surface area contributed by atoms with Crippen LogP contribution in [0.4, 0.5) is 0 Å². The number of aliphatic hydroxyl groups is 1. The van der Waals surface area contributed by atoms with E-state index in [4.69, 9.17) is 14.6 Å². The van der Waals surface area contributed by atoms with Gasteiger partial charge in [0.2, 0.25) is 0 Å². The number of aliphatic hydroxyl groups excluding tert-OH is 1. The molecule has 0 fully saturated rings. The van der Waals surface area contributed by atoms with Crippen molar-refractivity contribution in [3.05, 3.63) is 12.2 Å². The van der Waals surface area contributed by atoms with Gasteiger partial charge in [-0.05, 0) is 6.08 Å². The molecule has 2 unspecified atom stereocenters. The monoisotopic (exact) mass is 130 g/mol. The van der Waals surface area contributed by atoms with Crippen molar-refractivity contribution in [2.24, 2.45) is 0 Å². The fourth-order valence-electron chi connectivity index (χ4n) is 0.748. The van der Waals surface area contributed by atoms with Crippen molar-refractivity contribution in [3.63, 3.8) is 0 Å². The third-order valence-electron chi connectivity index (χ3n) is 1.14. The predicted octanol–water partition coefficient (Wildman–Crippen LogP) is -0.0938. The number of hydrogen-bond acceptors (Lipinski definition) is 3. The number of ether oxygens (including phenoxy) is 2. The fourth-order valence-corrected chi connectivity index (χ4v) is 0.748. The van der Waals surface area contributed by atoms with Crippen LogP contribution in [-0.4, -0.2) is 31.2 Å². The standard InChI is InChI=1S/C6H10O3/c1-8-4-5-2-3-6(7)9-5/h2-3,5-7H,4H2,1H3. The molecule has 9 heavy (non-hydrogen) atoms. The van der Waals surface area contributed by atoms with E-state index in [-0.39, 0.29) is 6.10 Å². The first kappa shape index (κ1) is 6.74. The molecule has 0 spiro atoms. The minimum absolute atomic E-state index is 0.0648. The van der Waals surface area contributed by atoms with E-state index in [2.05, 4.69) is 0 Å². The zero-order valence-electron chi connectivity index (χ0n) is 5.28. The third-order valence-corrected chi connectivity index (χ3v) is 1.14. The van der Waals surface area contributed by atoms with E-state index < -0.39 is 6.29 Å². The Morgan fingerprint density at radius 2 is 2.44 bits per heavy atom. The molecule has 0 bridgehead atoms. The van der Waals surface area contributed by atoms with Crippen molar-refractivity contribution in [2.45, 2.75) is 12.4 Å². The SMILES string of the molecule is COCC1C=CC(O)O1. The lowest BCUT2D eigenvalue weighted by molar-refractivity contribution is -0.0898. The number of hydrogen-bond donors (Lipinski definition) is 1. The van der Waals surface area contributed by atoms with Crippen molar-refractivity contribution in [3.8, 4) is 0 Å². The van der Waals surface area contributed by atoms with Crippen molar-refractivity contribution < 1.29 is 14.6 Å². The smallest absolute Gasteiger partial charge is 0.175 e. The molecule has 0 saturated carbocycles. The quantitative estimate of drug-likeness (QED) is 0.531. The summed E-state index contributed by atoms with van der Waals surface area (Å²) in [5.41, 5.74) is 0. The number of methoxy groups -OCH3 is 1. The molecule has 1 aliphatic heterocycles. The van der Waals surface area contributed by atoms with Crippen LogP contribution in [0.15, 0.2) is 12.2 Å². The van der Waals surface area contributed by atoms with E-state index in [1.54, 1.807) is 19.3 Å². The second kappa shape index (κ2) is 2.96. The Morgan fingerprint density at radius 3 is 2.89 bits per heavy atom. The second-order valence-corrected chi connectivity index (χ2v) is 1.91. The Morgan fingerprint density at radius 1 is 1.67 bits per heavy atom. The molecule has 0 aromatic carbocycles. The van der Waals surface area contributed by atoms with E-state index >= 15 is 0 Å². The van der Waals surface area contributed by atoms with E-state index in [9.17, 15) is 0 Å². The molecule has 0 saturated heterocycles. The van der Waals surface area contributed by atoms with Gasteiger partial charge in [0.25, 0.3) is 0 Å². The van der Waals surface area contributed by atoms with Crippen LogP contribution in [0.25, 0.3) is 0 Å². The summed E-state index contributed by atoms with van der Waals surface area (Å²) in [5, 5.41) is 8.76. The first-order valence-electron chi connectivity index (χ1n) is 2.83. The molecule has 3 nitrogen and oxygen atoms in total. The predicted molar refractivity (Wildman–Crippen MR) is 31.9 cm³/mol. The minimum Gasteiger partial charge on any atom is -0.382 e. The molecule has 1 heterocycles. The summed E-state index contributed by atoms with van der Waals surface area (Å²) in [6.07, 6.45) is 2.59. The molecule has 0 aromatic rings. The zero-order valence-corrected chi connectivity index (χ0v) is 5.28. The van der Waals surface area contributed by atoms with Gasteiger partial charge in [-0.1, -0.05) is 6.08 Å². The van der Waals surface area contributed by atoms with Crippen LogP contribution in [0, 0.1) is 0 Å². The van der Waals surface area contributed by atoms with Gasteiger partial charge >= 0.3 is 0 Å². The van der Waals surface area contributed by atoms with Gasteiger partial charge in [0.15, 0.2) is 6.29 Å². The summed E-state index contributed by atoms with van der Waals surface area (Å²) in [7, 11) is 1.60. The molecule has 0 amide bonds. The molecule has 3 heteroatoms. The van der Waals surface area contributed by atoms with Gasteiger partial charge in [0.05, 0.1) is 6.61 Å². The average Bonchev–Trinajstić information content (AvgIpc) is 2.17. The highest BCUT2D eigenvalue weighted by atomic mass is 16.6. The Bertz CT molecular complexity index is 111. The number of rotatable bonds is 2. The van der Waals surface area contributed by atoms with Gasteiger partial charge in [0.1, 0.15) is 6.10 Å². The molecule has 1 rings (SSSR count). The van der Waals surface area contributed by atoms with Gasteiger partial charge in [-0.3, -0.25) is 0 Å². The Labute approximate surface area is 53.9 Å². The Kier molecular flexibility index (Phi) is 2.22. The Hall–Kier alpha value is -0.380. The second-order valence-electron chi connectivity index (χ2n) is 1.91. The van der Waals surface area contributed by atoms with Crippen molar-refractivity contribution in [2.75, 3.05) is 13.7 Å². The van der Waals surface area contributed by atoms with E-state index in [0.29, 0.717) is 6.61 Å². The lowest BCUT2D eigenvalue weighted by Crippen LogP contribution is -2.16. The molecule has 1 aliphatic rings. The maximum absolute atomic E-state index is 8.76. The lowest BCUT2D eigenvalue weighted by atomic mass is 10.4. The molecule has 1 N–H and O–H groups in total. The van der Waals surface area contributed by atoms with Crippen molar-refractivity contribution >= 4 is 0 Å². The molecule has 0 aliphatic carbocycles. The maximum Gasteiger partial charge on any atom is 0.175 e. The summed E-state index contributed by atoms with van der Waals surface area (Å²) in [6, 6.07) is 0. The van der Waals surface area contributed by atoms with Crippen molar-refractivity contribution in [1.82, 2.24) is 0 Å². The average molecular weight is 130 g/mol. The van der Waals surface area contributed by atoms with E-state index in [0.717, 1.165) is 0 Å². The van der Waals surface area contributed by atoms with Gasteiger partial charge in [-0.25, -0.2) is 0 Å². The van der Waals surface area contributed by atoms with Gasteiger partial charge in [0, 0.05) is 7.11 Å². The fraction of sp³-hybridized carbons (Fsp3) is 0.667. The van der Waals surface area contributed by atoms with Crippen LogP contribution in [0.5, 0.6) is 0 Å². The normalized spacial score (nSPS) is 33.6. The lowest BCUT2D eigenvalue weighted by Gasteiger charge is -2.07. The largest absolute Gasteiger partial charge is 0.382 e. The first-order valence-corrected chi connectivity index (χ1v) is 2.83. The molecular weight excluding hydrogens is 120 g/mol. The first-order chi connectivity index (χ1) is 4.33. The summed E-state index contributed by atoms with van der Waals surface area (Å²) in [5.74, 6) is 0. The summed E-state index contributed by atoms with van der Waals surface area (Å²) in [4.78, 5) is 0. The molecular formula is C6H10O3. The minimum atomic E-state index is -0.731. The third kappa shape index (κ3) is 1.78. The maximum atomic E-state index is 8.76. The molecule has 0 radical (unpaired) electrons. The summed E-state index contributed by atoms with van der Waals surface area (Å²) in [6.45, 7) is 0.507. The highest BCUT2D eigenvalue weighted by Gasteiger charge is 2.15. The Balaban J connectivity index is 2.24. The zero-order chi connectivity index (χ0) is 6.69. The highest BCUT2D eigenvalue weighted by Crippen LogP contribution is 2.08. The van der Waals surface area contributed by atoms with Crippen LogP contribution in [0.1, 0.15) is 0 Å². The summed E-state index contributed by atoms with van der Waals surface area (Å²) < 4.78 is 9.71. The highest BCUT2D eigenvalue weighted by molar-refractivity contribution is 4.97. The van der Waals surface area contributed by atoms with E-state index in [1.807, 2.05) is 0 Å². The van der Waals surface area contributed by atoms with Crippen LogP contribution in [0.3, 0.4) is 0 Å². The molecule has 2 atom stereocenters. The van der Waals surface area contributed by atoms with E-state index in [1.165, 1.54) is 0 Å². The van der Waals surface area contributed by atoms with Gasteiger partial charge < -0.3 is 14.6 Å². The molecule has 0 aromatic heterocycles. The van der Waals surface area contributed by atoms with Gasteiger partial charge in [-0.2, -0.15) is 0 Å². The topological polar surface area (TPSA) is 38.7 Å².